The van der Waals surface area contributed by atoms with Crippen LogP contribution in [0, 0.1) is 23.5 Å². The third-order valence-corrected chi connectivity index (χ3v) is 4.56. The van der Waals surface area contributed by atoms with Crippen molar-refractivity contribution in [1.29, 1.82) is 0 Å². The van der Waals surface area contributed by atoms with E-state index in [0.29, 0.717) is 25.8 Å². The summed E-state index contributed by atoms with van der Waals surface area (Å²) in [5, 5.41) is 9.06. The maximum absolute atomic E-state index is 13.7. The first-order chi connectivity index (χ1) is 10.5. The van der Waals surface area contributed by atoms with Gasteiger partial charge in [-0.25, -0.2) is 8.78 Å². The predicted octanol–water partition coefficient (Wildman–Crippen LogP) is 2.39. The molecule has 1 aliphatic carbocycles. The van der Waals surface area contributed by atoms with Crippen molar-refractivity contribution in [2.75, 3.05) is 13.1 Å². The number of benzene rings is 1. The number of carboxylic acids is 1. The van der Waals surface area contributed by atoms with Gasteiger partial charge in [0.2, 0.25) is 5.91 Å². The second kappa shape index (κ2) is 5.66. The average molecular weight is 309 g/mol. The summed E-state index contributed by atoms with van der Waals surface area (Å²) in [6.07, 6.45) is 1.63. The van der Waals surface area contributed by atoms with E-state index in [2.05, 4.69) is 0 Å². The van der Waals surface area contributed by atoms with Gasteiger partial charge >= 0.3 is 5.97 Å². The molecule has 1 saturated heterocycles. The topological polar surface area (TPSA) is 57.6 Å². The second-order valence-corrected chi connectivity index (χ2v) is 6.05. The van der Waals surface area contributed by atoms with Gasteiger partial charge in [0.05, 0.1) is 5.92 Å². The smallest absolute Gasteiger partial charge is 0.308 e. The lowest BCUT2D eigenvalue weighted by molar-refractivity contribution is -0.146. The van der Waals surface area contributed by atoms with Gasteiger partial charge < -0.3 is 10.0 Å². The molecule has 0 spiro atoms. The molecule has 4 nitrogen and oxygen atoms in total. The number of nitrogens with zero attached hydrogens (tertiary/aromatic N) is 1. The molecule has 3 rings (SSSR count). The Morgan fingerprint density at radius 2 is 1.91 bits per heavy atom. The van der Waals surface area contributed by atoms with Crippen LogP contribution in [0.4, 0.5) is 8.78 Å². The van der Waals surface area contributed by atoms with Gasteiger partial charge in [-0.1, -0.05) is 6.07 Å². The molecule has 3 atom stereocenters. The minimum absolute atomic E-state index is 0.0207. The molecule has 1 heterocycles. The number of aliphatic carboxylic acids is 1. The summed E-state index contributed by atoms with van der Waals surface area (Å²) in [6, 6.07) is 3.69. The number of carbonyl (C=O) groups is 2. The van der Waals surface area contributed by atoms with Gasteiger partial charge in [-0.2, -0.15) is 0 Å². The largest absolute Gasteiger partial charge is 0.481 e. The molecule has 0 unspecified atom stereocenters. The zero-order valence-corrected chi connectivity index (χ0v) is 12.0. The molecule has 0 bridgehead atoms. The molecule has 118 valence electrons. The first-order valence-electron chi connectivity index (χ1n) is 7.44. The molecular weight excluding hydrogens is 292 g/mol. The van der Waals surface area contributed by atoms with Gasteiger partial charge in [-0.15, -0.1) is 0 Å². The van der Waals surface area contributed by atoms with Crippen LogP contribution < -0.4 is 0 Å². The second-order valence-electron chi connectivity index (χ2n) is 6.05. The van der Waals surface area contributed by atoms with Gasteiger partial charge in [0.1, 0.15) is 11.6 Å². The zero-order chi connectivity index (χ0) is 15.9. The predicted molar refractivity (Wildman–Crippen MR) is 74.1 cm³/mol. The molecule has 1 aromatic carbocycles. The van der Waals surface area contributed by atoms with Crippen LogP contribution >= 0.6 is 0 Å². The summed E-state index contributed by atoms with van der Waals surface area (Å²) in [5.41, 5.74) is -0.0207. The minimum atomic E-state index is -0.898. The van der Waals surface area contributed by atoms with E-state index in [0.717, 1.165) is 0 Å². The number of likely N-dealkylation sites (tertiary alicyclic amines) is 1. The summed E-state index contributed by atoms with van der Waals surface area (Å²) in [6.45, 7) is 0.711. The fourth-order valence-electron chi connectivity index (χ4n) is 3.27. The van der Waals surface area contributed by atoms with E-state index in [1.807, 2.05) is 0 Å². The van der Waals surface area contributed by atoms with Crippen LogP contribution in [0.15, 0.2) is 18.2 Å². The number of carbonyl (C=O) groups excluding carboxylic acids is 1. The SMILES string of the molecule is O=C(O)[C@@H]1CCCN(C(=O)[C@H]2C[C@@H]2c2c(F)cccc2F)C1. The quantitative estimate of drug-likeness (QED) is 0.932. The lowest BCUT2D eigenvalue weighted by Crippen LogP contribution is -2.43. The number of rotatable bonds is 3. The fraction of sp³-hybridized carbons (Fsp3) is 0.500. The Labute approximate surface area is 126 Å². The Hall–Kier alpha value is -1.98. The van der Waals surface area contributed by atoms with Crippen LogP contribution in [0.3, 0.4) is 0 Å². The Balaban J connectivity index is 1.69. The van der Waals surface area contributed by atoms with E-state index in [-0.39, 0.29) is 18.0 Å². The maximum Gasteiger partial charge on any atom is 0.308 e. The molecule has 1 aromatic rings. The van der Waals surface area contributed by atoms with E-state index in [4.69, 9.17) is 5.11 Å². The molecule has 1 saturated carbocycles. The first kappa shape index (κ1) is 14.9. The third-order valence-electron chi connectivity index (χ3n) is 4.56. The third kappa shape index (κ3) is 2.69. The Morgan fingerprint density at radius 3 is 2.55 bits per heavy atom. The Bertz CT molecular complexity index is 599. The zero-order valence-electron chi connectivity index (χ0n) is 12.0. The molecule has 1 N–H and O–H groups in total. The maximum atomic E-state index is 13.7. The number of piperidine rings is 1. The highest BCUT2D eigenvalue weighted by molar-refractivity contribution is 5.84. The molecule has 1 amide bonds. The van der Waals surface area contributed by atoms with Crippen molar-refractivity contribution in [2.45, 2.75) is 25.2 Å². The van der Waals surface area contributed by atoms with E-state index in [1.165, 1.54) is 23.1 Å². The average Bonchev–Trinajstić information content (AvgIpc) is 3.26. The molecule has 6 heteroatoms. The van der Waals surface area contributed by atoms with Crippen molar-refractivity contribution in [2.24, 2.45) is 11.8 Å². The van der Waals surface area contributed by atoms with Crippen LogP contribution in [-0.4, -0.2) is 35.0 Å². The van der Waals surface area contributed by atoms with E-state index in [1.54, 1.807) is 0 Å². The normalized spacial score (nSPS) is 27.5. The summed E-state index contributed by atoms with van der Waals surface area (Å²) >= 11 is 0. The van der Waals surface area contributed by atoms with Crippen molar-refractivity contribution >= 4 is 11.9 Å². The Morgan fingerprint density at radius 1 is 1.23 bits per heavy atom. The number of hydrogen-bond donors (Lipinski definition) is 1. The van der Waals surface area contributed by atoms with Crippen LogP contribution in [0.2, 0.25) is 0 Å². The minimum Gasteiger partial charge on any atom is -0.481 e. The highest BCUT2D eigenvalue weighted by Gasteiger charge is 2.48. The number of amides is 1. The van der Waals surface area contributed by atoms with Crippen molar-refractivity contribution in [3.8, 4) is 0 Å². The molecule has 22 heavy (non-hydrogen) atoms. The van der Waals surface area contributed by atoms with Crippen LogP contribution in [0.25, 0.3) is 0 Å². The molecular formula is C16H17F2NO3. The summed E-state index contributed by atoms with van der Waals surface area (Å²) in [4.78, 5) is 25.0. The standard InChI is InChI=1S/C16H17F2NO3/c17-12-4-1-5-13(18)14(12)10-7-11(10)15(20)19-6-2-3-9(8-19)16(21)22/h1,4-5,9-11H,2-3,6-8H2,(H,21,22)/t9-,10+,11+/m1/s1. The molecule has 0 radical (unpaired) electrons. The van der Waals surface area contributed by atoms with Gasteiger partial charge in [0.25, 0.3) is 0 Å². The van der Waals surface area contributed by atoms with Gasteiger partial charge in [-0.05, 0) is 31.4 Å². The number of hydrogen-bond acceptors (Lipinski definition) is 2. The van der Waals surface area contributed by atoms with Gasteiger partial charge in [-0.3, -0.25) is 9.59 Å². The highest BCUT2D eigenvalue weighted by atomic mass is 19.1. The van der Waals surface area contributed by atoms with Crippen LogP contribution in [-0.2, 0) is 9.59 Å². The summed E-state index contributed by atoms with van der Waals surface area (Å²) < 4.78 is 27.5. The molecule has 2 fully saturated rings. The molecule has 1 aliphatic heterocycles. The van der Waals surface area contributed by atoms with E-state index >= 15 is 0 Å². The monoisotopic (exact) mass is 309 g/mol. The van der Waals surface area contributed by atoms with Crippen molar-refractivity contribution < 1.29 is 23.5 Å². The van der Waals surface area contributed by atoms with Gasteiger partial charge in [0.15, 0.2) is 0 Å². The van der Waals surface area contributed by atoms with E-state index in [9.17, 15) is 18.4 Å². The fourth-order valence-corrected chi connectivity index (χ4v) is 3.27. The molecule has 2 aliphatic rings. The van der Waals surface area contributed by atoms with Crippen molar-refractivity contribution in [3.63, 3.8) is 0 Å². The summed E-state index contributed by atoms with van der Waals surface area (Å²) in [5.74, 6) is -3.73. The lowest BCUT2D eigenvalue weighted by Gasteiger charge is -2.31. The van der Waals surface area contributed by atoms with Crippen molar-refractivity contribution in [3.05, 3.63) is 35.4 Å². The Kier molecular flexibility index (Phi) is 3.85. The van der Waals surface area contributed by atoms with Crippen LogP contribution in [0.5, 0.6) is 0 Å². The lowest BCUT2D eigenvalue weighted by atomic mass is 9.97. The first-order valence-corrected chi connectivity index (χ1v) is 7.44. The molecule has 0 aromatic heterocycles. The van der Waals surface area contributed by atoms with Crippen molar-refractivity contribution in [1.82, 2.24) is 4.90 Å². The van der Waals surface area contributed by atoms with Crippen LogP contribution in [0.1, 0.15) is 30.7 Å². The number of halogens is 2. The van der Waals surface area contributed by atoms with Gasteiger partial charge in [0, 0.05) is 30.5 Å². The highest BCUT2D eigenvalue weighted by Crippen LogP contribution is 2.50. The summed E-state index contributed by atoms with van der Waals surface area (Å²) in [7, 11) is 0. The van der Waals surface area contributed by atoms with E-state index < -0.39 is 35.4 Å². The number of carboxylic acid groups (broad SMARTS) is 1.